The number of aromatic nitrogens is 2. The summed E-state index contributed by atoms with van der Waals surface area (Å²) in [5.74, 6) is 0. The second kappa shape index (κ2) is 8.18. The van der Waals surface area contributed by atoms with Gasteiger partial charge in [-0.15, -0.1) is 0 Å². The van der Waals surface area contributed by atoms with Crippen LogP contribution in [-0.4, -0.2) is 4.98 Å². The fourth-order valence-electron chi connectivity index (χ4n) is 1.89. The average molecular weight is 354 g/mol. The summed E-state index contributed by atoms with van der Waals surface area (Å²) >= 11 is 0. The predicted molar refractivity (Wildman–Crippen MR) is 77.2 cm³/mol. The molecule has 0 atom stereocenters. The van der Waals surface area contributed by atoms with Gasteiger partial charge in [-0.1, -0.05) is 45.4 Å². The van der Waals surface area contributed by atoms with Crippen LogP contribution in [-0.2, 0) is 6.54 Å². The minimum absolute atomic E-state index is 1.17. The van der Waals surface area contributed by atoms with Crippen LogP contribution in [0.2, 0.25) is 0 Å². The van der Waals surface area contributed by atoms with Crippen molar-refractivity contribution in [3.8, 4) is 0 Å². The molecule has 0 fully saturated rings. The third kappa shape index (κ3) is 24.3. The van der Waals surface area contributed by atoms with Crippen molar-refractivity contribution in [3.63, 3.8) is 0 Å². The zero-order chi connectivity index (χ0) is 17.2. The standard InChI is InChI=1S/C13H24N2.F6P/c1-2-3-4-5-6-7-8-9-11-15-12-10-14-13-15;1-7(2,3,4,5)6/h10,12-13H,2-9,11H2,1H3;/q;-1/p+1. The van der Waals surface area contributed by atoms with Crippen molar-refractivity contribution in [2.75, 3.05) is 0 Å². The molecule has 2 nitrogen and oxygen atoms in total. The van der Waals surface area contributed by atoms with Gasteiger partial charge in [0.2, 0.25) is 6.33 Å². The van der Waals surface area contributed by atoms with Gasteiger partial charge in [-0.3, -0.25) is 4.98 Å². The van der Waals surface area contributed by atoms with Crippen LogP contribution in [0.4, 0.5) is 25.2 Å². The number of halogens is 6. The maximum atomic E-state index is 9.87. The predicted octanol–water partition coefficient (Wildman–Crippen LogP) is 6.83. The topological polar surface area (TPSA) is 19.7 Å². The molecule has 1 aromatic rings. The third-order valence-electron chi connectivity index (χ3n) is 2.87. The molecule has 9 heteroatoms. The van der Waals surface area contributed by atoms with Crippen molar-refractivity contribution in [2.45, 2.75) is 64.8 Å². The first-order chi connectivity index (χ1) is 9.88. The Bertz CT molecular complexity index is 376. The number of imidazole rings is 1. The normalized spacial score (nSPS) is 14.7. The molecule has 0 bridgehead atoms. The summed E-state index contributed by atoms with van der Waals surface area (Å²) in [4.78, 5) is 3.07. The van der Waals surface area contributed by atoms with Gasteiger partial charge in [0.1, 0.15) is 12.4 Å². The van der Waals surface area contributed by atoms with Crippen LogP contribution < -0.4 is 4.57 Å². The van der Waals surface area contributed by atoms with E-state index in [0.29, 0.717) is 0 Å². The zero-order valence-corrected chi connectivity index (χ0v) is 13.7. The van der Waals surface area contributed by atoms with E-state index in [2.05, 4.69) is 22.7 Å². The van der Waals surface area contributed by atoms with Crippen LogP contribution >= 0.6 is 7.81 Å². The number of nitrogens with zero attached hydrogens (tertiary/aromatic N) is 1. The Morgan fingerprint density at radius 2 is 1.27 bits per heavy atom. The van der Waals surface area contributed by atoms with E-state index in [1.54, 1.807) is 0 Å². The van der Waals surface area contributed by atoms with E-state index in [-0.39, 0.29) is 0 Å². The molecule has 1 aromatic heterocycles. The number of unbranched alkanes of at least 4 members (excludes halogenated alkanes) is 7. The van der Waals surface area contributed by atoms with E-state index in [1.165, 1.54) is 57.9 Å². The van der Waals surface area contributed by atoms with Gasteiger partial charge >= 0.3 is 33.0 Å². The summed E-state index contributed by atoms with van der Waals surface area (Å²) in [7, 11) is -10.7. The number of H-pyrrole nitrogens is 1. The Hall–Kier alpha value is -0.780. The Balaban J connectivity index is 0.000000534. The number of aromatic amines is 1. The Morgan fingerprint density at radius 1 is 0.818 bits per heavy atom. The van der Waals surface area contributed by atoms with Crippen molar-refractivity contribution in [1.29, 1.82) is 0 Å². The Morgan fingerprint density at radius 3 is 1.68 bits per heavy atom. The van der Waals surface area contributed by atoms with Gasteiger partial charge < -0.3 is 0 Å². The fraction of sp³-hybridized carbons (Fsp3) is 0.769. The number of nitrogens with one attached hydrogen (secondary N) is 1. The van der Waals surface area contributed by atoms with E-state index >= 15 is 0 Å². The summed E-state index contributed by atoms with van der Waals surface area (Å²) in [5, 5.41) is 0. The molecule has 0 saturated heterocycles. The third-order valence-corrected chi connectivity index (χ3v) is 2.87. The van der Waals surface area contributed by atoms with Gasteiger partial charge in [0.25, 0.3) is 0 Å². The van der Waals surface area contributed by atoms with Crippen LogP contribution in [0.3, 0.4) is 0 Å². The van der Waals surface area contributed by atoms with Crippen molar-refractivity contribution in [1.82, 2.24) is 4.98 Å². The van der Waals surface area contributed by atoms with Gasteiger partial charge in [-0.25, -0.2) is 4.57 Å². The van der Waals surface area contributed by atoms with Gasteiger partial charge in [-0.05, 0) is 12.8 Å². The summed E-state index contributed by atoms with van der Waals surface area (Å²) in [6, 6.07) is 0. The summed E-state index contributed by atoms with van der Waals surface area (Å²) in [6.45, 7) is 3.44. The molecule has 1 N–H and O–H groups in total. The van der Waals surface area contributed by atoms with Gasteiger partial charge in [0.05, 0.1) is 6.54 Å². The molecule has 0 unspecified atom stereocenters. The van der Waals surface area contributed by atoms with Crippen LogP contribution in [0.1, 0.15) is 58.3 Å². The molecule has 1 rings (SSSR count). The number of rotatable bonds is 9. The maximum absolute atomic E-state index is 10.7. The molecule has 134 valence electrons. The monoisotopic (exact) mass is 354 g/mol. The molecule has 0 aliphatic carbocycles. The van der Waals surface area contributed by atoms with E-state index in [4.69, 9.17) is 0 Å². The number of hydrogen-bond donors (Lipinski definition) is 1. The summed E-state index contributed by atoms with van der Waals surface area (Å²) < 4.78 is 61.4. The van der Waals surface area contributed by atoms with Crippen LogP contribution in [0.25, 0.3) is 0 Å². The average Bonchev–Trinajstić information content (AvgIpc) is 2.81. The molecule has 0 spiro atoms. The first kappa shape index (κ1) is 21.2. The molecule has 0 amide bonds. The SMILES string of the molecule is CCCCCCCCCC[n+]1cc[nH]c1.F[P-](F)(F)(F)(F)F. The Labute approximate surface area is 127 Å². The molecule has 0 aliphatic rings. The molecular weight excluding hydrogens is 329 g/mol. The second-order valence-corrected chi connectivity index (χ2v) is 7.20. The second-order valence-electron chi connectivity index (χ2n) is 5.28. The van der Waals surface area contributed by atoms with Gasteiger partial charge in [0, 0.05) is 0 Å². The number of aryl methyl sites for hydroxylation is 1. The fourth-order valence-corrected chi connectivity index (χ4v) is 1.89. The molecule has 0 aromatic carbocycles. The van der Waals surface area contributed by atoms with Crippen molar-refractivity contribution in [2.24, 2.45) is 0 Å². The van der Waals surface area contributed by atoms with Gasteiger partial charge in [0.15, 0.2) is 0 Å². The van der Waals surface area contributed by atoms with Crippen molar-refractivity contribution < 1.29 is 29.7 Å². The van der Waals surface area contributed by atoms with Crippen LogP contribution in [0.15, 0.2) is 18.7 Å². The molecule has 1 heterocycles. The molecule has 0 saturated carbocycles. The minimum atomic E-state index is -10.7. The first-order valence-corrected chi connectivity index (χ1v) is 9.49. The Kier molecular flexibility index (Phi) is 7.89. The van der Waals surface area contributed by atoms with E-state index in [0.717, 1.165) is 0 Å². The summed E-state index contributed by atoms with van der Waals surface area (Å²) in [6.07, 6.45) is 17.3. The summed E-state index contributed by atoms with van der Waals surface area (Å²) in [5.41, 5.74) is 0. The molecule has 0 aliphatic heterocycles. The first-order valence-electron chi connectivity index (χ1n) is 7.46. The van der Waals surface area contributed by atoms with E-state index < -0.39 is 7.81 Å². The van der Waals surface area contributed by atoms with Gasteiger partial charge in [-0.2, -0.15) is 0 Å². The molecule has 22 heavy (non-hydrogen) atoms. The van der Waals surface area contributed by atoms with Crippen LogP contribution in [0, 0.1) is 0 Å². The molecule has 0 radical (unpaired) electrons. The van der Waals surface area contributed by atoms with Crippen molar-refractivity contribution in [3.05, 3.63) is 18.7 Å². The molecular formula is C13H25F6N2P. The van der Waals surface area contributed by atoms with E-state index in [9.17, 15) is 25.2 Å². The zero-order valence-electron chi connectivity index (χ0n) is 12.8. The van der Waals surface area contributed by atoms with Crippen LogP contribution in [0.5, 0.6) is 0 Å². The number of hydrogen-bond acceptors (Lipinski definition) is 0. The van der Waals surface area contributed by atoms with E-state index in [1.807, 2.05) is 12.5 Å². The van der Waals surface area contributed by atoms with Crippen molar-refractivity contribution >= 4 is 7.81 Å². The quantitative estimate of drug-likeness (QED) is 0.217.